The number of alkyl halides is 3. The fourth-order valence-corrected chi connectivity index (χ4v) is 3.33. The summed E-state index contributed by atoms with van der Waals surface area (Å²) in [4.78, 5) is -0.265. The monoisotopic (exact) mass is 411 g/mol. The van der Waals surface area contributed by atoms with Crippen LogP contribution in [0.4, 0.5) is 23.2 Å². The second kappa shape index (κ2) is 6.12. The van der Waals surface area contributed by atoms with Crippen LogP contribution in [0.25, 0.3) is 0 Å². The first-order valence-electron chi connectivity index (χ1n) is 6.16. The molecule has 2 aromatic rings. The molecule has 0 radical (unpaired) electrons. The molecule has 0 aliphatic heterocycles. The average Bonchev–Trinajstić information content (AvgIpc) is 2.41. The zero-order valence-electron chi connectivity index (χ0n) is 11.6. The fourth-order valence-electron chi connectivity index (χ4n) is 1.81. The van der Waals surface area contributed by atoms with Gasteiger partial charge in [-0.15, -0.1) is 0 Å². The summed E-state index contributed by atoms with van der Waals surface area (Å²) in [5, 5.41) is 0. The zero-order valence-corrected chi connectivity index (χ0v) is 14.0. The molecule has 0 saturated heterocycles. The molecule has 23 heavy (non-hydrogen) atoms. The van der Waals surface area contributed by atoms with E-state index in [9.17, 15) is 26.0 Å². The van der Waals surface area contributed by atoms with Gasteiger partial charge in [0.2, 0.25) is 0 Å². The topological polar surface area (TPSA) is 46.2 Å². The summed E-state index contributed by atoms with van der Waals surface area (Å²) in [6.45, 7) is 1.72. The summed E-state index contributed by atoms with van der Waals surface area (Å²) in [7, 11) is -4.35. The highest BCUT2D eigenvalue weighted by Gasteiger charge is 2.36. The highest BCUT2D eigenvalue weighted by molar-refractivity contribution is 9.10. The summed E-state index contributed by atoms with van der Waals surface area (Å²) in [5.74, 6) is -1.33. The molecule has 0 aliphatic rings. The van der Waals surface area contributed by atoms with Crippen LogP contribution in [-0.4, -0.2) is 8.42 Å². The van der Waals surface area contributed by atoms with E-state index in [1.54, 1.807) is 11.6 Å². The lowest BCUT2D eigenvalue weighted by molar-refractivity contribution is -0.137. The minimum atomic E-state index is -4.92. The molecule has 9 heteroatoms. The Labute approximate surface area is 138 Å². The lowest BCUT2D eigenvalue weighted by Crippen LogP contribution is -2.18. The van der Waals surface area contributed by atoms with E-state index >= 15 is 0 Å². The van der Waals surface area contributed by atoms with E-state index in [0.717, 1.165) is 11.6 Å². The van der Waals surface area contributed by atoms with Crippen molar-refractivity contribution >= 4 is 31.6 Å². The van der Waals surface area contributed by atoms with Crippen LogP contribution in [-0.2, 0) is 16.2 Å². The van der Waals surface area contributed by atoms with E-state index in [2.05, 4.69) is 15.9 Å². The van der Waals surface area contributed by atoms with Crippen molar-refractivity contribution < 1.29 is 26.0 Å². The largest absolute Gasteiger partial charge is 0.418 e. The van der Waals surface area contributed by atoms with Gasteiger partial charge in [0.15, 0.2) is 0 Å². The van der Waals surface area contributed by atoms with Crippen molar-refractivity contribution in [1.82, 2.24) is 0 Å². The highest BCUT2D eigenvalue weighted by atomic mass is 79.9. The van der Waals surface area contributed by atoms with Crippen LogP contribution in [0.5, 0.6) is 0 Å². The van der Waals surface area contributed by atoms with Crippen LogP contribution in [0.2, 0.25) is 0 Å². The Morgan fingerprint density at radius 1 is 1.09 bits per heavy atom. The standard InChI is InChI=1S/C14H10BrF4NO2S/c1-8-2-4-10(5-3-8)23(21,22)20-13-11(14(17,18)19)6-9(15)7-12(13)16/h2-7,20H,1H3. The van der Waals surface area contributed by atoms with E-state index in [4.69, 9.17) is 0 Å². The second-order valence-corrected chi connectivity index (χ2v) is 7.32. The van der Waals surface area contributed by atoms with E-state index in [0.29, 0.717) is 6.07 Å². The molecule has 0 spiro atoms. The molecule has 0 atom stereocenters. The van der Waals surface area contributed by atoms with Crippen LogP contribution < -0.4 is 4.72 Å². The van der Waals surface area contributed by atoms with Crippen molar-refractivity contribution in [3.05, 3.63) is 57.8 Å². The van der Waals surface area contributed by atoms with Gasteiger partial charge in [0.25, 0.3) is 10.0 Å². The number of hydrogen-bond donors (Lipinski definition) is 1. The number of benzene rings is 2. The van der Waals surface area contributed by atoms with Crippen LogP contribution in [0.3, 0.4) is 0 Å². The van der Waals surface area contributed by atoms with Gasteiger partial charge in [0.05, 0.1) is 16.1 Å². The third-order valence-electron chi connectivity index (χ3n) is 2.93. The smallest absolute Gasteiger partial charge is 0.276 e. The quantitative estimate of drug-likeness (QED) is 0.742. The Morgan fingerprint density at radius 2 is 1.65 bits per heavy atom. The molecule has 3 nitrogen and oxygen atoms in total. The van der Waals surface area contributed by atoms with Gasteiger partial charge < -0.3 is 0 Å². The molecule has 0 aliphatic carbocycles. The molecule has 0 amide bonds. The first-order valence-corrected chi connectivity index (χ1v) is 8.44. The third kappa shape index (κ3) is 4.03. The first kappa shape index (κ1) is 17.7. The maximum atomic E-state index is 13.9. The molecule has 0 unspecified atom stereocenters. The minimum Gasteiger partial charge on any atom is -0.276 e. The molecule has 0 bridgehead atoms. The predicted octanol–water partition coefficient (Wildman–Crippen LogP) is 4.72. The average molecular weight is 412 g/mol. The first-order chi connectivity index (χ1) is 10.5. The molecule has 124 valence electrons. The van der Waals surface area contributed by atoms with Gasteiger partial charge in [-0.1, -0.05) is 33.6 Å². The fraction of sp³-hybridized carbons (Fsp3) is 0.143. The van der Waals surface area contributed by atoms with Crippen LogP contribution in [0.1, 0.15) is 11.1 Å². The Bertz CT molecular complexity index is 833. The van der Waals surface area contributed by atoms with Gasteiger partial charge in [-0.05, 0) is 31.2 Å². The van der Waals surface area contributed by atoms with Crippen LogP contribution in [0, 0.1) is 12.7 Å². The molecule has 0 aromatic heterocycles. The Morgan fingerprint density at radius 3 is 2.17 bits per heavy atom. The predicted molar refractivity (Wildman–Crippen MR) is 81.1 cm³/mol. The number of rotatable bonds is 3. The van der Waals surface area contributed by atoms with Gasteiger partial charge in [-0.25, -0.2) is 12.8 Å². The molecule has 2 aromatic carbocycles. The van der Waals surface area contributed by atoms with Crippen molar-refractivity contribution in [3.8, 4) is 0 Å². The molecule has 1 N–H and O–H groups in total. The summed E-state index contributed by atoms with van der Waals surface area (Å²) in [6, 6.07) is 6.77. The van der Waals surface area contributed by atoms with Crippen molar-refractivity contribution in [3.63, 3.8) is 0 Å². The second-order valence-electron chi connectivity index (χ2n) is 4.73. The Balaban J connectivity index is 2.53. The SMILES string of the molecule is Cc1ccc(S(=O)(=O)Nc2c(F)cc(Br)cc2C(F)(F)F)cc1. The number of anilines is 1. The van der Waals surface area contributed by atoms with E-state index in [-0.39, 0.29) is 9.37 Å². The van der Waals surface area contributed by atoms with Gasteiger partial charge in [0.1, 0.15) is 5.82 Å². The number of sulfonamides is 1. The summed E-state index contributed by atoms with van der Waals surface area (Å²) in [5.41, 5.74) is -1.78. The molecular weight excluding hydrogens is 402 g/mol. The van der Waals surface area contributed by atoms with E-state index < -0.39 is 33.3 Å². The Hall–Kier alpha value is -1.61. The molecule has 0 saturated carbocycles. The highest BCUT2D eigenvalue weighted by Crippen LogP contribution is 2.39. The van der Waals surface area contributed by atoms with Gasteiger partial charge in [-0.3, -0.25) is 4.72 Å². The summed E-state index contributed by atoms with van der Waals surface area (Å²) < 4.78 is 78.8. The molecule has 0 heterocycles. The third-order valence-corrected chi connectivity index (χ3v) is 4.75. The van der Waals surface area contributed by atoms with Crippen molar-refractivity contribution in [2.75, 3.05) is 4.72 Å². The number of halogens is 5. The van der Waals surface area contributed by atoms with Gasteiger partial charge >= 0.3 is 6.18 Å². The molecule has 2 rings (SSSR count). The van der Waals surface area contributed by atoms with Crippen LogP contribution in [0.15, 0.2) is 45.8 Å². The van der Waals surface area contributed by atoms with Gasteiger partial charge in [-0.2, -0.15) is 13.2 Å². The Kier molecular flexibility index (Phi) is 4.72. The van der Waals surface area contributed by atoms with Crippen molar-refractivity contribution in [1.29, 1.82) is 0 Å². The van der Waals surface area contributed by atoms with E-state index in [1.165, 1.54) is 24.3 Å². The lowest BCUT2D eigenvalue weighted by atomic mass is 10.1. The maximum absolute atomic E-state index is 13.9. The molecular formula is C14H10BrF4NO2S. The zero-order chi connectivity index (χ0) is 17.4. The molecule has 0 fully saturated rings. The lowest BCUT2D eigenvalue weighted by Gasteiger charge is -2.16. The van der Waals surface area contributed by atoms with Crippen molar-refractivity contribution in [2.24, 2.45) is 0 Å². The number of hydrogen-bond acceptors (Lipinski definition) is 2. The van der Waals surface area contributed by atoms with Gasteiger partial charge in [0, 0.05) is 4.47 Å². The maximum Gasteiger partial charge on any atom is 0.418 e. The van der Waals surface area contributed by atoms with E-state index in [1.807, 2.05) is 0 Å². The van der Waals surface area contributed by atoms with Crippen LogP contribution >= 0.6 is 15.9 Å². The number of nitrogens with one attached hydrogen (secondary N) is 1. The normalized spacial score (nSPS) is 12.3. The summed E-state index contributed by atoms with van der Waals surface area (Å²) in [6.07, 6.45) is -4.92. The summed E-state index contributed by atoms with van der Waals surface area (Å²) >= 11 is 2.75. The number of aryl methyl sites for hydroxylation is 1. The minimum absolute atomic E-state index is 0.152. The van der Waals surface area contributed by atoms with Crippen molar-refractivity contribution in [2.45, 2.75) is 18.0 Å².